The lowest BCUT2D eigenvalue weighted by atomic mass is 9.97. The van der Waals surface area contributed by atoms with Crippen molar-refractivity contribution < 1.29 is 6.85 Å². The van der Waals surface area contributed by atoms with Crippen LogP contribution < -0.4 is 0 Å². The summed E-state index contributed by atoms with van der Waals surface area (Å²) in [5.41, 5.74) is 10.8. The number of para-hydroxylation sites is 2. The molecule has 12 aromatic rings. The Hall–Kier alpha value is -7.99. The quantitative estimate of drug-likeness (QED) is 0.161. The molecule has 3 heterocycles. The first-order valence-corrected chi connectivity index (χ1v) is 21.3. The third-order valence-electron chi connectivity index (χ3n) is 11.6. The van der Waals surface area contributed by atoms with Gasteiger partial charge in [-0.1, -0.05) is 188 Å². The normalized spacial score (nSPS) is 12.7. The molecule has 0 N–H and O–H groups in total. The van der Waals surface area contributed by atoms with Crippen LogP contribution in [-0.2, 0) is 0 Å². The molecule has 0 spiro atoms. The average Bonchev–Trinajstić information content (AvgIpc) is 3.94. The monoisotopic (exact) mass is 813 g/mol. The standard InChI is InChI=1S/C57H36N4S/c1-4-16-37(17-5-1)39-30-32-41(33-31-39)56-58-55(40-20-8-3-9-21-40)59-57(60-56)50-36-44(61-51-28-12-10-24-46(51)47-25-11-13-29-52(47)61)35-49-48-27-15-26-45(53(48)62-54(49)50)43-23-14-22-42(34-43)38-18-6-2-7-19-38/h1-36H/i3D,8D,9D,20D,21D. The molecule has 62 heavy (non-hydrogen) atoms. The summed E-state index contributed by atoms with van der Waals surface area (Å²) in [5, 5.41) is 4.33. The van der Waals surface area contributed by atoms with Crippen LogP contribution in [0.2, 0.25) is 0 Å². The Morgan fingerprint density at radius 3 is 1.58 bits per heavy atom. The van der Waals surface area contributed by atoms with Crippen molar-refractivity contribution in [3.05, 3.63) is 218 Å². The predicted octanol–water partition coefficient (Wildman–Crippen LogP) is 15.3. The van der Waals surface area contributed by atoms with E-state index in [0.717, 1.165) is 86.6 Å². The summed E-state index contributed by atoms with van der Waals surface area (Å²) in [7, 11) is 0. The van der Waals surface area contributed by atoms with Gasteiger partial charge in [0.25, 0.3) is 0 Å². The van der Waals surface area contributed by atoms with Crippen LogP contribution in [0.4, 0.5) is 0 Å². The number of benzene rings is 9. The van der Waals surface area contributed by atoms with Crippen molar-refractivity contribution in [2.45, 2.75) is 0 Å². The molecule has 0 aliphatic carbocycles. The number of hydrogen-bond donors (Lipinski definition) is 0. The van der Waals surface area contributed by atoms with Gasteiger partial charge in [-0.3, -0.25) is 0 Å². The molecule has 0 aliphatic heterocycles. The second-order valence-electron chi connectivity index (χ2n) is 15.2. The van der Waals surface area contributed by atoms with Crippen molar-refractivity contribution in [3.8, 4) is 73.2 Å². The molecule has 12 rings (SSSR count). The molecule has 0 aliphatic rings. The summed E-state index contributed by atoms with van der Waals surface area (Å²) in [6.45, 7) is 0. The highest BCUT2D eigenvalue weighted by Gasteiger charge is 2.22. The number of fused-ring (bicyclic) bond motifs is 6. The molecule has 0 fully saturated rings. The molecule has 4 nitrogen and oxygen atoms in total. The molecule has 0 saturated carbocycles. The van der Waals surface area contributed by atoms with Crippen molar-refractivity contribution >= 4 is 53.3 Å². The third-order valence-corrected chi connectivity index (χ3v) is 12.8. The maximum atomic E-state index is 9.03. The Labute approximate surface area is 369 Å². The van der Waals surface area contributed by atoms with Gasteiger partial charge in [0, 0.05) is 53.3 Å². The largest absolute Gasteiger partial charge is 0.309 e. The summed E-state index contributed by atoms with van der Waals surface area (Å²) in [6.07, 6.45) is 0. The second kappa shape index (κ2) is 14.9. The van der Waals surface area contributed by atoms with E-state index in [2.05, 4.69) is 144 Å². The topological polar surface area (TPSA) is 43.6 Å². The van der Waals surface area contributed by atoms with Gasteiger partial charge < -0.3 is 4.57 Å². The summed E-state index contributed by atoms with van der Waals surface area (Å²) >= 11 is 1.67. The van der Waals surface area contributed by atoms with E-state index in [1.807, 2.05) is 48.5 Å². The van der Waals surface area contributed by atoms with Gasteiger partial charge in [0.1, 0.15) is 0 Å². The number of hydrogen-bond acceptors (Lipinski definition) is 4. The van der Waals surface area contributed by atoms with Crippen LogP contribution >= 0.6 is 11.3 Å². The number of aromatic nitrogens is 4. The van der Waals surface area contributed by atoms with Crippen molar-refractivity contribution in [1.29, 1.82) is 0 Å². The Morgan fingerprint density at radius 1 is 0.355 bits per heavy atom. The second-order valence-corrected chi connectivity index (χ2v) is 16.2. The van der Waals surface area contributed by atoms with Gasteiger partial charge in [-0.2, -0.15) is 0 Å². The van der Waals surface area contributed by atoms with E-state index in [1.165, 1.54) is 0 Å². The molecule has 0 atom stereocenters. The zero-order valence-electron chi connectivity index (χ0n) is 38.1. The van der Waals surface area contributed by atoms with E-state index in [1.54, 1.807) is 11.3 Å². The lowest BCUT2D eigenvalue weighted by Crippen LogP contribution is -2.01. The first kappa shape index (κ1) is 31.0. The zero-order chi connectivity index (χ0) is 45.3. The Balaban J connectivity index is 1.16. The highest BCUT2D eigenvalue weighted by atomic mass is 32.1. The van der Waals surface area contributed by atoms with Crippen LogP contribution in [0.25, 0.3) is 115 Å². The zero-order valence-corrected chi connectivity index (χ0v) is 33.9. The van der Waals surface area contributed by atoms with Crippen molar-refractivity contribution in [1.82, 2.24) is 19.5 Å². The maximum Gasteiger partial charge on any atom is 0.165 e. The lowest BCUT2D eigenvalue weighted by Gasteiger charge is -2.13. The van der Waals surface area contributed by atoms with Crippen LogP contribution in [0.3, 0.4) is 0 Å². The molecular formula is C57H36N4S. The minimum atomic E-state index is -0.485. The van der Waals surface area contributed by atoms with Gasteiger partial charge in [0.15, 0.2) is 17.5 Å². The lowest BCUT2D eigenvalue weighted by molar-refractivity contribution is 1.07. The van der Waals surface area contributed by atoms with Gasteiger partial charge in [0.05, 0.1) is 17.9 Å². The van der Waals surface area contributed by atoms with Gasteiger partial charge in [0.2, 0.25) is 0 Å². The van der Waals surface area contributed by atoms with E-state index in [0.29, 0.717) is 17.2 Å². The maximum absolute atomic E-state index is 9.03. The minimum Gasteiger partial charge on any atom is -0.309 e. The van der Waals surface area contributed by atoms with Crippen LogP contribution in [0.1, 0.15) is 6.85 Å². The fourth-order valence-electron chi connectivity index (χ4n) is 8.65. The van der Waals surface area contributed by atoms with Crippen molar-refractivity contribution in [2.75, 3.05) is 0 Å². The molecule has 0 unspecified atom stereocenters. The SMILES string of the molecule is [2H]c1c([2H])c([2H])c(-c2nc(-c3ccc(-c4ccccc4)cc3)nc(-c3cc(-n4c5ccccc5c5ccccc54)cc4c3sc3c(-c5cccc(-c6ccccc6)c5)cccc34)n2)c([2H])c1[2H]. The summed E-state index contributed by atoms with van der Waals surface area (Å²) in [5.74, 6) is 0.603. The first-order chi connectivity index (χ1) is 32.8. The smallest absolute Gasteiger partial charge is 0.165 e. The Kier molecular flexibility index (Phi) is 7.46. The fourth-order valence-corrected chi connectivity index (χ4v) is 9.97. The van der Waals surface area contributed by atoms with Crippen LogP contribution in [0.15, 0.2) is 218 Å². The van der Waals surface area contributed by atoms with Gasteiger partial charge >= 0.3 is 0 Å². The number of thiophene rings is 1. The molecule has 0 saturated heterocycles. The highest BCUT2D eigenvalue weighted by Crippen LogP contribution is 2.46. The molecule has 3 aromatic heterocycles. The Morgan fingerprint density at radius 2 is 0.871 bits per heavy atom. The molecule has 9 aromatic carbocycles. The van der Waals surface area contributed by atoms with Gasteiger partial charge in [-0.25, -0.2) is 15.0 Å². The summed E-state index contributed by atoms with van der Waals surface area (Å²) < 4.78 is 48.0. The van der Waals surface area contributed by atoms with Gasteiger partial charge in [-0.15, -0.1) is 11.3 Å². The van der Waals surface area contributed by atoms with Crippen molar-refractivity contribution in [2.24, 2.45) is 0 Å². The number of nitrogens with zero attached hydrogens (tertiary/aromatic N) is 4. The molecule has 0 radical (unpaired) electrons. The predicted molar refractivity (Wildman–Crippen MR) is 260 cm³/mol. The van der Waals surface area contributed by atoms with Crippen LogP contribution in [0, 0.1) is 0 Å². The first-order valence-electron chi connectivity index (χ1n) is 22.9. The van der Waals surface area contributed by atoms with E-state index in [4.69, 9.17) is 21.8 Å². The van der Waals surface area contributed by atoms with Crippen LogP contribution in [0.5, 0.6) is 0 Å². The van der Waals surface area contributed by atoms with E-state index < -0.39 is 18.1 Å². The minimum absolute atomic E-state index is 0.0147. The fraction of sp³-hybridized carbons (Fsp3) is 0. The van der Waals surface area contributed by atoms with Gasteiger partial charge in [-0.05, 0) is 63.7 Å². The number of rotatable bonds is 7. The molecular weight excluding hydrogens is 773 g/mol. The summed E-state index contributed by atoms with van der Waals surface area (Å²) in [6, 6.07) is 62.5. The van der Waals surface area contributed by atoms with E-state index >= 15 is 0 Å². The van der Waals surface area contributed by atoms with E-state index in [-0.39, 0.29) is 23.5 Å². The molecule has 290 valence electrons. The summed E-state index contributed by atoms with van der Waals surface area (Å²) in [4.78, 5) is 15.2. The third kappa shape index (κ3) is 6.18. The Bertz CT molecular complexity index is 3840. The van der Waals surface area contributed by atoms with Crippen molar-refractivity contribution in [3.63, 3.8) is 0 Å². The highest BCUT2D eigenvalue weighted by molar-refractivity contribution is 7.26. The van der Waals surface area contributed by atoms with E-state index in [9.17, 15) is 0 Å². The molecule has 0 bridgehead atoms. The molecule has 5 heteroatoms. The van der Waals surface area contributed by atoms with Crippen LogP contribution in [-0.4, -0.2) is 19.5 Å². The average molecular weight is 814 g/mol. The molecule has 0 amide bonds.